The molecule has 1 saturated heterocycles. The molecule has 108 valence electrons. The third kappa shape index (κ3) is 3.46. The number of carbonyl (C=O) groups is 2. The molecule has 1 aromatic rings. The van der Waals surface area contributed by atoms with Gasteiger partial charge in [-0.15, -0.1) is 0 Å². The predicted molar refractivity (Wildman–Crippen MR) is 72.7 cm³/mol. The van der Waals surface area contributed by atoms with E-state index in [4.69, 9.17) is 5.11 Å². The maximum atomic E-state index is 12.2. The summed E-state index contributed by atoms with van der Waals surface area (Å²) in [6.45, 7) is 1.58. The number of aromatic nitrogens is 1. The first-order valence-electron chi connectivity index (χ1n) is 6.79. The zero-order valence-corrected chi connectivity index (χ0v) is 11.2. The molecule has 1 N–H and O–H groups in total. The maximum absolute atomic E-state index is 12.2. The van der Waals surface area contributed by atoms with Crippen LogP contribution in [0.4, 0.5) is 0 Å². The fourth-order valence-electron chi connectivity index (χ4n) is 2.36. The number of amides is 1. The van der Waals surface area contributed by atoms with Crippen LogP contribution in [0.25, 0.3) is 0 Å². The number of hydrogen-bond acceptors (Lipinski definition) is 3. The summed E-state index contributed by atoms with van der Waals surface area (Å²) in [5.41, 5.74) is -0.855. The average molecular weight is 278 g/mol. The summed E-state index contributed by atoms with van der Waals surface area (Å²) in [6.07, 6.45) is 6.98. The Hall–Kier alpha value is -2.11. The molecule has 0 radical (unpaired) electrons. The molecule has 1 aliphatic heterocycles. The summed E-state index contributed by atoms with van der Waals surface area (Å²) in [6, 6.07) is 1.18. The largest absolute Gasteiger partial charge is 0.477 e. The van der Waals surface area contributed by atoms with Crippen LogP contribution in [-0.4, -0.2) is 39.5 Å². The molecule has 2 heterocycles. The minimum absolute atomic E-state index is 0.0353. The SMILES string of the molecule is O=C(O)c1cn(CC(=O)N2CCCCCC2)ccc1=O. The van der Waals surface area contributed by atoms with Crippen LogP contribution in [0.3, 0.4) is 0 Å². The van der Waals surface area contributed by atoms with Gasteiger partial charge in [0.25, 0.3) is 0 Å². The van der Waals surface area contributed by atoms with Gasteiger partial charge in [-0.2, -0.15) is 0 Å². The highest BCUT2D eigenvalue weighted by atomic mass is 16.4. The Balaban J connectivity index is 2.09. The van der Waals surface area contributed by atoms with E-state index in [-0.39, 0.29) is 18.0 Å². The van der Waals surface area contributed by atoms with Crippen LogP contribution in [0.15, 0.2) is 23.3 Å². The van der Waals surface area contributed by atoms with Crippen LogP contribution in [-0.2, 0) is 11.3 Å². The van der Waals surface area contributed by atoms with Crippen LogP contribution >= 0.6 is 0 Å². The molecule has 20 heavy (non-hydrogen) atoms. The molecule has 0 saturated carbocycles. The average Bonchev–Trinajstić information content (AvgIpc) is 2.69. The summed E-state index contributed by atoms with van der Waals surface area (Å²) in [7, 11) is 0. The second-order valence-corrected chi connectivity index (χ2v) is 5.00. The van der Waals surface area contributed by atoms with Crippen LogP contribution in [0.1, 0.15) is 36.0 Å². The van der Waals surface area contributed by atoms with Crippen molar-refractivity contribution in [3.63, 3.8) is 0 Å². The summed E-state index contributed by atoms with van der Waals surface area (Å²) in [4.78, 5) is 36.2. The van der Waals surface area contributed by atoms with Gasteiger partial charge >= 0.3 is 5.97 Å². The molecule has 0 spiro atoms. The number of nitrogens with zero attached hydrogens (tertiary/aromatic N) is 2. The first-order chi connectivity index (χ1) is 9.58. The lowest BCUT2D eigenvalue weighted by Crippen LogP contribution is -2.34. The first-order valence-corrected chi connectivity index (χ1v) is 6.79. The minimum Gasteiger partial charge on any atom is -0.477 e. The smallest absolute Gasteiger partial charge is 0.341 e. The van der Waals surface area contributed by atoms with Crippen molar-refractivity contribution in [3.8, 4) is 0 Å². The Morgan fingerprint density at radius 2 is 1.80 bits per heavy atom. The highest BCUT2D eigenvalue weighted by molar-refractivity contribution is 5.87. The Morgan fingerprint density at radius 3 is 2.40 bits per heavy atom. The van der Waals surface area contributed by atoms with Crippen molar-refractivity contribution in [2.45, 2.75) is 32.2 Å². The van der Waals surface area contributed by atoms with Gasteiger partial charge in [0.15, 0.2) is 5.43 Å². The van der Waals surface area contributed by atoms with E-state index in [1.165, 1.54) is 23.0 Å². The van der Waals surface area contributed by atoms with Crippen molar-refractivity contribution in [1.29, 1.82) is 0 Å². The number of hydrogen-bond donors (Lipinski definition) is 1. The molecule has 2 rings (SSSR count). The fourth-order valence-corrected chi connectivity index (χ4v) is 2.36. The maximum Gasteiger partial charge on any atom is 0.341 e. The van der Waals surface area contributed by atoms with Gasteiger partial charge in [0.1, 0.15) is 12.1 Å². The van der Waals surface area contributed by atoms with Crippen molar-refractivity contribution >= 4 is 11.9 Å². The van der Waals surface area contributed by atoms with E-state index < -0.39 is 11.4 Å². The molecule has 0 aromatic carbocycles. The van der Waals surface area contributed by atoms with Crippen molar-refractivity contribution in [2.75, 3.05) is 13.1 Å². The normalized spacial score (nSPS) is 15.7. The molecule has 1 aliphatic rings. The number of carboxylic acid groups (broad SMARTS) is 1. The van der Waals surface area contributed by atoms with Crippen LogP contribution in [0.2, 0.25) is 0 Å². The van der Waals surface area contributed by atoms with Gasteiger partial charge in [-0.25, -0.2) is 4.79 Å². The Labute approximate surface area is 116 Å². The fraction of sp³-hybridized carbons (Fsp3) is 0.500. The summed E-state index contributed by atoms with van der Waals surface area (Å²) < 4.78 is 1.46. The minimum atomic E-state index is -1.27. The van der Waals surface area contributed by atoms with E-state index in [2.05, 4.69) is 0 Å². The molecular formula is C14H18N2O4. The van der Waals surface area contributed by atoms with Gasteiger partial charge in [0, 0.05) is 31.5 Å². The van der Waals surface area contributed by atoms with E-state index in [0.717, 1.165) is 38.8 Å². The van der Waals surface area contributed by atoms with Crippen molar-refractivity contribution in [3.05, 3.63) is 34.2 Å². The lowest BCUT2D eigenvalue weighted by atomic mass is 10.2. The monoisotopic (exact) mass is 278 g/mol. The third-order valence-electron chi connectivity index (χ3n) is 3.48. The van der Waals surface area contributed by atoms with Crippen LogP contribution < -0.4 is 5.43 Å². The number of rotatable bonds is 3. The molecule has 1 amide bonds. The summed E-state index contributed by atoms with van der Waals surface area (Å²) >= 11 is 0. The quantitative estimate of drug-likeness (QED) is 0.892. The van der Waals surface area contributed by atoms with E-state index in [0.29, 0.717) is 0 Å². The molecule has 0 aliphatic carbocycles. The van der Waals surface area contributed by atoms with Crippen LogP contribution in [0.5, 0.6) is 0 Å². The van der Waals surface area contributed by atoms with Crippen LogP contribution in [0, 0.1) is 0 Å². The standard InChI is InChI=1S/C14H18N2O4/c17-12-5-8-15(9-11(12)14(19)20)10-13(18)16-6-3-1-2-4-7-16/h5,8-9H,1-4,6-7,10H2,(H,19,20). The van der Waals surface area contributed by atoms with Crippen molar-refractivity contribution in [2.24, 2.45) is 0 Å². The van der Waals surface area contributed by atoms with Gasteiger partial charge in [-0.3, -0.25) is 9.59 Å². The zero-order chi connectivity index (χ0) is 14.5. The molecule has 6 heteroatoms. The molecule has 6 nitrogen and oxygen atoms in total. The van der Waals surface area contributed by atoms with Gasteiger partial charge in [0.2, 0.25) is 5.91 Å². The van der Waals surface area contributed by atoms with E-state index in [1.807, 2.05) is 4.90 Å². The number of carboxylic acids is 1. The second-order valence-electron chi connectivity index (χ2n) is 5.00. The highest BCUT2D eigenvalue weighted by Crippen LogP contribution is 2.10. The van der Waals surface area contributed by atoms with Gasteiger partial charge in [-0.05, 0) is 12.8 Å². The summed E-state index contributed by atoms with van der Waals surface area (Å²) in [5.74, 6) is -1.31. The molecule has 0 bridgehead atoms. The lowest BCUT2D eigenvalue weighted by Gasteiger charge is -2.21. The van der Waals surface area contributed by atoms with E-state index in [9.17, 15) is 14.4 Å². The molecule has 0 atom stereocenters. The van der Waals surface area contributed by atoms with Gasteiger partial charge in [0.05, 0.1) is 0 Å². The lowest BCUT2D eigenvalue weighted by molar-refractivity contribution is -0.131. The van der Waals surface area contributed by atoms with Crippen molar-refractivity contribution < 1.29 is 14.7 Å². The number of likely N-dealkylation sites (tertiary alicyclic amines) is 1. The Bertz CT molecular complexity index is 557. The molecular weight excluding hydrogens is 260 g/mol. The zero-order valence-electron chi connectivity index (χ0n) is 11.2. The molecule has 1 aromatic heterocycles. The van der Waals surface area contributed by atoms with E-state index >= 15 is 0 Å². The van der Waals surface area contributed by atoms with E-state index in [1.54, 1.807) is 0 Å². The summed E-state index contributed by atoms with van der Waals surface area (Å²) in [5, 5.41) is 8.90. The first kappa shape index (κ1) is 14.3. The molecule has 1 fully saturated rings. The number of aromatic carboxylic acids is 1. The number of pyridine rings is 1. The van der Waals surface area contributed by atoms with Crippen molar-refractivity contribution in [1.82, 2.24) is 9.47 Å². The Morgan fingerprint density at radius 1 is 1.15 bits per heavy atom. The highest BCUT2D eigenvalue weighted by Gasteiger charge is 2.16. The van der Waals surface area contributed by atoms with Gasteiger partial charge < -0.3 is 14.6 Å². The predicted octanol–water partition coefficient (Wildman–Crippen LogP) is 0.949. The topological polar surface area (TPSA) is 79.6 Å². The Kier molecular flexibility index (Phi) is 4.55. The molecule has 0 unspecified atom stereocenters. The second kappa shape index (κ2) is 6.36. The van der Waals surface area contributed by atoms with Gasteiger partial charge in [-0.1, -0.05) is 12.8 Å². The third-order valence-corrected chi connectivity index (χ3v) is 3.48. The number of carbonyl (C=O) groups excluding carboxylic acids is 1.